The number of benzene rings is 1. The van der Waals surface area contributed by atoms with E-state index < -0.39 is 10.0 Å². The van der Waals surface area contributed by atoms with Crippen molar-refractivity contribution in [2.24, 2.45) is 16.8 Å². The third kappa shape index (κ3) is 6.66. The summed E-state index contributed by atoms with van der Waals surface area (Å²) in [6, 6.07) is 9.52. The number of aliphatic imine (C=N–C) groups is 1. The van der Waals surface area contributed by atoms with Gasteiger partial charge in [0.2, 0.25) is 10.0 Å². The van der Waals surface area contributed by atoms with E-state index in [1.807, 2.05) is 30.3 Å². The average Bonchev–Trinajstić information content (AvgIpc) is 2.57. The van der Waals surface area contributed by atoms with Crippen LogP contribution in [0.4, 0.5) is 0 Å². The van der Waals surface area contributed by atoms with Crippen molar-refractivity contribution in [1.82, 2.24) is 14.9 Å². The minimum absolute atomic E-state index is 0.0256. The lowest BCUT2D eigenvalue weighted by Crippen LogP contribution is -2.49. The summed E-state index contributed by atoms with van der Waals surface area (Å²) in [6.07, 6.45) is 1.23. The average molecular weight is 367 g/mol. The van der Waals surface area contributed by atoms with Gasteiger partial charge in [-0.1, -0.05) is 44.2 Å². The van der Waals surface area contributed by atoms with Gasteiger partial charge in [-0.2, -0.15) is 0 Å². The molecule has 1 aromatic rings. The number of sulfonamides is 1. The van der Waals surface area contributed by atoms with Crippen LogP contribution >= 0.6 is 0 Å². The fourth-order valence-electron chi connectivity index (χ4n) is 3.33. The van der Waals surface area contributed by atoms with E-state index in [-0.39, 0.29) is 5.75 Å². The maximum Gasteiger partial charge on any atom is 0.213 e. The first-order valence-electron chi connectivity index (χ1n) is 8.86. The van der Waals surface area contributed by atoms with Crippen LogP contribution in [0.3, 0.4) is 0 Å². The van der Waals surface area contributed by atoms with Gasteiger partial charge in [-0.25, -0.2) is 13.1 Å². The summed E-state index contributed by atoms with van der Waals surface area (Å²) in [5.74, 6) is 2.06. The van der Waals surface area contributed by atoms with Gasteiger partial charge in [0.1, 0.15) is 0 Å². The molecule has 0 amide bonds. The minimum atomic E-state index is -3.32. The van der Waals surface area contributed by atoms with Gasteiger partial charge in [0.15, 0.2) is 5.96 Å². The largest absolute Gasteiger partial charge is 0.355 e. The molecule has 1 saturated heterocycles. The molecule has 6 nitrogen and oxygen atoms in total. The Hall–Kier alpha value is -1.60. The van der Waals surface area contributed by atoms with Gasteiger partial charge in [-0.3, -0.25) is 4.99 Å². The van der Waals surface area contributed by atoms with Crippen molar-refractivity contribution in [2.45, 2.75) is 26.8 Å². The number of piperidine rings is 1. The Balaban J connectivity index is 1.79. The van der Waals surface area contributed by atoms with Gasteiger partial charge in [0.05, 0.1) is 5.75 Å². The first-order valence-corrected chi connectivity index (χ1v) is 10.5. The number of nitrogens with one attached hydrogen (secondary N) is 2. The molecule has 2 atom stereocenters. The number of nitrogens with zero attached hydrogens (tertiary/aromatic N) is 2. The molecule has 1 heterocycles. The second-order valence-electron chi connectivity index (χ2n) is 6.95. The van der Waals surface area contributed by atoms with Crippen molar-refractivity contribution in [2.75, 3.05) is 32.4 Å². The number of hydrogen-bond donors (Lipinski definition) is 2. The van der Waals surface area contributed by atoms with Gasteiger partial charge in [-0.15, -0.1) is 0 Å². The number of hydrogen-bond acceptors (Lipinski definition) is 3. The molecule has 2 unspecified atom stereocenters. The molecule has 25 heavy (non-hydrogen) atoms. The number of likely N-dealkylation sites (tertiary alicyclic amines) is 1. The van der Waals surface area contributed by atoms with Crippen LogP contribution in [0.1, 0.15) is 25.8 Å². The molecular weight excluding hydrogens is 336 g/mol. The second-order valence-corrected chi connectivity index (χ2v) is 8.88. The zero-order valence-electron chi connectivity index (χ0n) is 15.4. The van der Waals surface area contributed by atoms with E-state index in [2.05, 4.69) is 33.8 Å². The number of rotatable bonds is 6. The lowest BCUT2D eigenvalue weighted by Gasteiger charge is -2.37. The molecule has 1 aliphatic rings. The van der Waals surface area contributed by atoms with Crippen LogP contribution in [-0.4, -0.2) is 51.7 Å². The molecular formula is C18H30N4O2S. The molecule has 0 bridgehead atoms. The Labute approximate surface area is 151 Å². The molecule has 0 radical (unpaired) electrons. The first kappa shape index (κ1) is 19.7. The van der Waals surface area contributed by atoms with E-state index in [1.54, 1.807) is 7.05 Å². The smallest absolute Gasteiger partial charge is 0.213 e. The predicted molar refractivity (Wildman–Crippen MR) is 103 cm³/mol. The van der Waals surface area contributed by atoms with Crippen LogP contribution in [0, 0.1) is 11.8 Å². The Kier molecular flexibility index (Phi) is 7.25. The lowest BCUT2D eigenvalue weighted by atomic mass is 9.92. The molecule has 0 spiro atoms. The maximum absolute atomic E-state index is 12.1. The maximum atomic E-state index is 12.1. The van der Waals surface area contributed by atoms with Gasteiger partial charge >= 0.3 is 0 Å². The molecule has 0 aromatic heterocycles. The monoisotopic (exact) mass is 366 g/mol. The summed E-state index contributed by atoms with van der Waals surface area (Å²) in [5, 5.41) is 3.19. The summed E-state index contributed by atoms with van der Waals surface area (Å²) >= 11 is 0. The Bertz CT molecular complexity index is 651. The molecule has 2 rings (SSSR count). The number of guanidine groups is 1. The van der Waals surface area contributed by atoms with Crippen molar-refractivity contribution in [3.05, 3.63) is 35.9 Å². The third-order valence-corrected chi connectivity index (χ3v) is 5.70. The van der Waals surface area contributed by atoms with Crippen molar-refractivity contribution in [1.29, 1.82) is 0 Å². The topological polar surface area (TPSA) is 73.8 Å². The predicted octanol–water partition coefficient (Wildman–Crippen LogP) is 1.66. The Morgan fingerprint density at radius 1 is 1.20 bits per heavy atom. The summed E-state index contributed by atoms with van der Waals surface area (Å²) < 4.78 is 26.9. The molecule has 1 aromatic carbocycles. The van der Waals surface area contributed by atoms with E-state index in [0.29, 0.717) is 24.9 Å². The summed E-state index contributed by atoms with van der Waals surface area (Å²) in [5.41, 5.74) is 0.950. The quantitative estimate of drug-likeness (QED) is 0.593. The van der Waals surface area contributed by atoms with Crippen LogP contribution in [0.5, 0.6) is 0 Å². The van der Waals surface area contributed by atoms with Gasteiger partial charge < -0.3 is 10.2 Å². The zero-order chi connectivity index (χ0) is 18.3. The van der Waals surface area contributed by atoms with Crippen LogP contribution in [0.15, 0.2) is 35.3 Å². The van der Waals surface area contributed by atoms with Crippen LogP contribution in [0.25, 0.3) is 0 Å². The SMILES string of the molecule is CN=C(NCCS(=O)(=O)NCc1ccccc1)N1CC(C)CC(C)C1. The molecule has 1 fully saturated rings. The van der Waals surface area contributed by atoms with Gasteiger partial charge in [-0.05, 0) is 23.8 Å². The van der Waals surface area contributed by atoms with E-state index in [4.69, 9.17) is 0 Å². The Morgan fingerprint density at radius 2 is 1.84 bits per heavy atom. The second kappa shape index (κ2) is 9.20. The van der Waals surface area contributed by atoms with E-state index >= 15 is 0 Å². The molecule has 0 saturated carbocycles. The van der Waals surface area contributed by atoms with Gasteiger partial charge in [0.25, 0.3) is 0 Å². The third-order valence-electron chi connectivity index (χ3n) is 4.37. The highest BCUT2D eigenvalue weighted by Crippen LogP contribution is 2.20. The van der Waals surface area contributed by atoms with E-state index in [9.17, 15) is 8.42 Å². The van der Waals surface area contributed by atoms with Crippen molar-refractivity contribution in [3.63, 3.8) is 0 Å². The summed E-state index contributed by atoms with van der Waals surface area (Å²) in [6.45, 7) is 7.07. The molecule has 1 aliphatic heterocycles. The van der Waals surface area contributed by atoms with E-state index in [0.717, 1.165) is 24.6 Å². The molecule has 7 heteroatoms. The van der Waals surface area contributed by atoms with Crippen molar-refractivity contribution >= 4 is 16.0 Å². The highest BCUT2D eigenvalue weighted by Gasteiger charge is 2.24. The fraction of sp³-hybridized carbons (Fsp3) is 0.611. The first-order chi connectivity index (χ1) is 11.9. The standard InChI is InChI=1S/C18H30N4O2S/c1-15-11-16(2)14-22(13-15)18(19-3)20-9-10-25(23,24)21-12-17-7-5-4-6-8-17/h4-8,15-16,21H,9-14H2,1-3H3,(H,19,20). The minimum Gasteiger partial charge on any atom is -0.355 e. The fourth-order valence-corrected chi connectivity index (χ4v) is 4.23. The Morgan fingerprint density at radius 3 is 2.44 bits per heavy atom. The highest BCUT2D eigenvalue weighted by molar-refractivity contribution is 7.89. The van der Waals surface area contributed by atoms with Crippen molar-refractivity contribution in [3.8, 4) is 0 Å². The highest BCUT2D eigenvalue weighted by atomic mass is 32.2. The van der Waals surface area contributed by atoms with Crippen LogP contribution in [0.2, 0.25) is 0 Å². The summed E-state index contributed by atoms with van der Waals surface area (Å²) in [7, 11) is -1.58. The zero-order valence-corrected chi connectivity index (χ0v) is 16.2. The molecule has 140 valence electrons. The molecule has 2 N–H and O–H groups in total. The van der Waals surface area contributed by atoms with E-state index in [1.165, 1.54) is 6.42 Å². The van der Waals surface area contributed by atoms with Crippen LogP contribution in [-0.2, 0) is 16.6 Å². The summed E-state index contributed by atoms with van der Waals surface area (Å²) in [4.78, 5) is 6.54. The van der Waals surface area contributed by atoms with Crippen LogP contribution < -0.4 is 10.0 Å². The van der Waals surface area contributed by atoms with Crippen molar-refractivity contribution < 1.29 is 8.42 Å². The normalized spacial score (nSPS) is 22.0. The molecule has 0 aliphatic carbocycles. The lowest BCUT2D eigenvalue weighted by molar-refractivity contribution is 0.209. The van der Waals surface area contributed by atoms with Gasteiger partial charge in [0, 0.05) is 33.2 Å².